The summed E-state index contributed by atoms with van der Waals surface area (Å²) >= 11 is 37.6. The Kier molecular flexibility index (Phi) is 9.59. The summed E-state index contributed by atoms with van der Waals surface area (Å²) in [5.74, 6) is -0.0404. The lowest BCUT2D eigenvalue weighted by molar-refractivity contribution is 0.835. The molecule has 1 aromatic carbocycles. The standard InChI is InChI=1S/C18H14Cl6IN3/c19-17(20,21)15-26-14(27-16(28-15)18(22,23)24)10-9-13-7-5-12(6-8-13)4-2-1-3-11-25/h2,4-10H,1,3,11H2/b4-2-,10-9+. The van der Waals surface area contributed by atoms with E-state index in [1.807, 2.05) is 30.3 Å². The largest absolute Gasteiger partial charge is 0.250 e. The van der Waals surface area contributed by atoms with E-state index in [2.05, 4.69) is 49.7 Å². The number of aromatic nitrogens is 3. The quantitative estimate of drug-likeness (QED) is 0.189. The summed E-state index contributed by atoms with van der Waals surface area (Å²) in [6.07, 6.45) is 9.96. The highest BCUT2D eigenvalue weighted by Crippen LogP contribution is 2.39. The molecule has 0 saturated heterocycles. The van der Waals surface area contributed by atoms with Gasteiger partial charge < -0.3 is 0 Å². The van der Waals surface area contributed by atoms with Gasteiger partial charge >= 0.3 is 0 Å². The number of alkyl halides is 7. The minimum Gasteiger partial charge on any atom is -0.209 e. The number of benzene rings is 1. The van der Waals surface area contributed by atoms with Crippen molar-refractivity contribution in [2.24, 2.45) is 0 Å². The van der Waals surface area contributed by atoms with E-state index in [-0.39, 0.29) is 17.5 Å². The van der Waals surface area contributed by atoms with Crippen molar-refractivity contribution in [3.63, 3.8) is 0 Å². The number of allylic oxidation sites excluding steroid dienone is 1. The molecular weight excluding hydrogens is 598 g/mol. The van der Waals surface area contributed by atoms with Crippen molar-refractivity contribution < 1.29 is 0 Å². The Balaban J connectivity index is 2.22. The number of hydrogen-bond acceptors (Lipinski definition) is 3. The van der Waals surface area contributed by atoms with Crippen molar-refractivity contribution in [2.75, 3.05) is 4.43 Å². The molecule has 0 radical (unpaired) electrons. The van der Waals surface area contributed by atoms with Gasteiger partial charge in [0.1, 0.15) is 0 Å². The molecule has 10 heteroatoms. The highest BCUT2D eigenvalue weighted by atomic mass is 127. The Morgan fingerprint density at radius 3 is 1.71 bits per heavy atom. The van der Waals surface area contributed by atoms with Crippen LogP contribution in [0.4, 0.5) is 0 Å². The highest BCUT2D eigenvalue weighted by Gasteiger charge is 2.33. The van der Waals surface area contributed by atoms with E-state index < -0.39 is 7.59 Å². The minimum atomic E-state index is -1.87. The van der Waals surface area contributed by atoms with E-state index in [9.17, 15) is 0 Å². The van der Waals surface area contributed by atoms with Crippen LogP contribution in [0, 0.1) is 0 Å². The Labute approximate surface area is 207 Å². The molecule has 0 unspecified atom stereocenters. The molecule has 0 N–H and O–H groups in total. The topological polar surface area (TPSA) is 38.7 Å². The van der Waals surface area contributed by atoms with Crippen LogP contribution in [0.2, 0.25) is 0 Å². The Hall–Kier alpha value is 0.180. The van der Waals surface area contributed by atoms with Crippen LogP contribution in [0.1, 0.15) is 41.4 Å². The normalized spacial score (nSPS) is 13.0. The van der Waals surface area contributed by atoms with Crippen LogP contribution in [0.25, 0.3) is 18.2 Å². The van der Waals surface area contributed by atoms with Crippen LogP contribution in [0.3, 0.4) is 0 Å². The van der Waals surface area contributed by atoms with Gasteiger partial charge in [0.05, 0.1) is 0 Å². The molecule has 0 aliphatic carbocycles. The maximum absolute atomic E-state index is 5.87. The SMILES string of the molecule is ClC(Cl)(Cl)c1nc(/C=C/c2ccc(/C=C\CCCI)cc2)nc(C(Cl)(Cl)Cl)n1. The fourth-order valence-corrected chi connectivity index (χ4v) is 2.97. The van der Waals surface area contributed by atoms with Gasteiger partial charge in [-0.2, -0.15) is 0 Å². The second-order valence-electron chi connectivity index (χ2n) is 5.57. The third-order valence-corrected chi connectivity index (χ3v) is 5.11. The van der Waals surface area contributed by atoms with Gasteiger partial charge in [0.15, 0.2) is 17.5 Å². The molecule has 2 rings (SSSR count). The summed E-state index contributed by atoms with van der Waals surface area (Å²) in [6.45, 7) is 0. The lowest BCUT2D eigenvalue weighted by atomic mass is 10.1. The number of unbranched alkanes of at least 4 members (excludes halogenated alkanes) is 1. The number of hydrogen-bond donors (Lipinski definition) is 0. The average molecular weight is 612 g/mol. The smallest absolute Gasteiger partial charge is 0.209 e. The molecule has 1 heterocycles. The monoisotopic (exact) mass is 609 g/mol. The molecular formula is C18H14Cl6IN3. The summed E-state index contributed by atoms with van der Waals surface area (Å²) in [7, 11) is 0. The zero-order valence-electron chi connectivity index (χ0n) is 14.2. The van der Waals surface area contributed by atoms with E-state index in [0.717, 1.165) is 22.0 Å². The molecule has 0 bridgehead atoms. The average Bonchev–Trinajstić information content (AvgIpc) is 2.63. The lowest BCUT2D eigenvalue weighted by Crippen LogP contribution is -2.16. The minimum absolute atomic E-state index is 0.125. The first-order valence-corrected chi connectivity index (χ1v) is 11.8. The van der Waals surface area contributed by atoms with Gasteiger partial charge in [-0.15, -0.1) is 0 Å². The maximum Gasteiger partial charge on any atom is 0.250 e. The van der Waals surface area contributed by atoms with E-state index in [4.69, 9.17) is 69.6 Å². The summed E-state index contributed by atoms with van der Waals surface area (Å²) in [5, 5.41) is 0. The predicted octanol–water partition coefficient (Wildman–Crippen LogP) is 7.92. The first-order chi connectivity index (χ1) is 13.1. The molecule has 0 aliphatic heterocycles. The van der Waals surface area contributed by atoms with Crippen LogP contribution in [-0.4, -0.2) is 19.4 Å². The van der Waals surface area contributed by atoms with Crippen LogP contribution in [0.15, 0.2) is 30.3 Å². The number of nitrogens with zero attached hydrogens (tertiary/aromatic N) is 3. The predicted molar refractivity (Wildman–Crippen MR) is 131 cm³/mol. The third-order valence-electron chi connectivity index (χ3n) is 3.34. The zero-order chi connectivity index (χ0) is 20.8. The molecule has 0 spiro atoms. The van der Waals surface area contributed by atoms with Gasteiger partial charge in [0.2, 0.25) is 7.59 Å². The molecule has 0 aliphatic rings. The van der Waals surface area contributed by atoms with Crippen molar-refractivity contribution in [1.29, 1.82) is 0 Å². The first kappa shape index (κ1) is 24.4. The summed E-state index contributed by atoms with van der Waals surface area (Å²) in [4.78, 5) is 12.2. The van der Waals surface area contributed by atoms with Gasteiger partial charge in [-0.3, -0.25) is 0 Å². The second-order valence-corrected chi connectivity index (χ2v) is 11.2. The van der Waals surface area contributed by atoms with Crippen LogP contribution in [-0.2, 0) is 7.59 Å². The molecule has 3 nitrogen and oxygen atoms in total. The molecule has 0 atom stereocenters. The summed E-state index contributed by atoms with van der Waals surface area (Å²) < 4.78 is -2.59. The molecule has 150 valence electrons. The Bertz CT molecular complexity index is 810. The van der Waals surface area contributed by atoms with Crippen LogP contribution in [0.5, 0.6) is 0 Å². The molecule has 28 heavy (non-hydrogen) atoms. The number of rotatable bonds is 6. The Morgan fingerprint density at radius 2 is 1.25 bits per heavy atom. The lowest BCUT2D eigenvalue weighted by Gasteiger charge is -2.14. The van der Waals surface area contributed by atoms with Crippen molar-refractivity contribution in [3.8, 4) is 0 Å². The van der Waals surface area contributed by atoms with E-state index in [1.165, 1.54) is 6.42 Å². The molecule has 1 aromatic heterocycles. The van der Waals surface area contributed by atoms with Crippen molar-refractivity contribution in [1.82, 2.24) is 15.0 Å². The molecule has 0 saturated carbocycles. The van der Waals surface area contributed by atoms with E-state index in [1.54, 1.807) is 6.08 Å². The summed E-state index contributed by atoms with van der Waals surface area (Å²) in [6, 6.07) is 7.99. The molecule has 0 amide bonds. The molecule has 0 fully saturated rings. The van der Waals surface area contributed by atoms with E-state index in [0.29, 0.717) is 0 Å². The van der Waals surface area contributed by atoms with Gasteiger partial charge in [-0.05, 0) is 34.5 Å². The fraction of sp³-hybridized carbons (Fsp3) is 0.278. The van der Waals surface area contributed by atoms with Gasteiger partial charge in [0, 0.05) is 0 Å². The van der Waals surface area contributed by atoms with Crippen LogP contribution < -0.4 is 0 Å². The third kappa shape index (κ3) is 8.13. The fourth-order valence-electron chi connectivity index (χ4n) is 2.02. The molecule has 2 aromatic rings. The van der Waals surface area contributed by atoms with Gasteiger partial charge in [0.25, 0.3) is 0 Å². The maximum atomic E-state index is 5.87. The first-order valence-electron chi connectivity index (χ1n) is 8.01. The Morgan fingerprint density at radius 1 is 0.750 bits per heavy atom. The van der Waals surface area contributed by atoms with Gasteiger partial charge in [-0.1, -0.05) is 135 Å². The zero-order valence-corrected chi connectivity index (χ0v) is 20.9. The van der Waals surface area contributed by atoms with Crippen LogP contribution >= 0.6 is 92.2 Å². The van der Waals surface area contributed by atoms with Crippen molar-refractivity contribution in [2.45, 2.75) is 20.4 Å². The summed E-state index contributed by atoms with van der Waals surface area (Å²) in [5.41, 5.74) is 2.07. The highest BCUT2D eigenvalue weighted by molar-refractivity contribution is 14.1. The van der Waals surface area contributed by atoms with E-state index >= 15 is 0 Å². The van der Waals surface area contributed by atoms with Gasteiger partial charge in [-0.25, -0.2) is 15.0 Å². The number of halogens is 7. The van der Waals surface area contributed by atoms with Crippen molar-refractivity contribution in [3.05, 3.63) is 58.9 Å². The second kappa shape index (κ2) is 11.0. The van der Waals surface area contributed by atoms with Crippen molar-refractivity contribution >= 4 is 110 Å².